The molecule has 1 aliphatic rings. The lowest BCUT2D eigenvalue weighted by Gasteiger charge is -2.10. The van der Waals surface area contributed by atoms with Crippen LogP contribution in [0, 0.1) is 5.92 Å². The highest BCUT2D eigenvalue weighted by Gasteiger charge is 2.15. The van der Waals surface area contributed by atoms with Gasteiger partial charge >= 0.3 is 0 Å². The van der Waals surface area contributed by atoms with Gasteiger partial charge < -0.3 is 15.7 Å². The largest absolute Gasteiger partial charge is 0.507 e. The molecule has 0 aliphatic carbocycles. The lowest BCUT2D eigenvalue weighted by Crippen LogP contribution is -2.26. The normalized spacial score (nSPS) is 18.8. The molecule has 4 nitrogen and oxygen atoms in total. The Morgan fingerprint density at radius 3 is 3.11 bits per heavy atom. The van der Waals surface area contributed by atoms with Crippen molar-refractivity contribution in [3.05, 3.63) is 28.2 Å². The summed E-state index contributed by atoms with van der Waals surface area (Å²) in [5.74, 6) is 0.444. The quantitative estimate of drug-likeness (QED) is 0.795. The standard InChI is InChI=1S/C13H17BrN2O2/c14-10-1-2-12(17)11(7-10)13(18)16-6-4-9-3-5-15-8-9/h1-2,7,9,15,17H,3-6,8H2,(H,16,18). The molecule has 1 aromatic rings. The molecule has 1 aromatic carbocycles. The Bertz CT molecular complexity index is 431. The van der Waals surface area contributed by atoms with Gasteiger partial charge in [-0.05, 0) is 50.0 Å². The number of carbonyl (C=O) groups is 1. The SMILES string of the molecule is O=C(NCCC1CCNC1)c1cc(Br)ccc1O. The van der Waals surface area contributed by atoms with Crippen molar-refractivity contribution < 1.29 is 9.90 Å². The van der Waals surface area contributed by atoms with E-state index in [1.54, 1.807) is 12.1 Å². The van der Waals surface area contributed by atoms with E-state index in [2.05, 4.69) is 26.6 Å². The van der Waals surface area contributed by atoms with Gasteiger partial charge in [-0.3, -0.25) is 4.79 Å². The lowest BCUT2D eigenvalue weighted by atomic mass is 10.1. The highest BCUT2D eigenvalue weighted by molar-refractivity contribution is 9.10. The zero-order valence-corrected chi connectivity index (χ0v) is 11.7. The molecular weight excluding hydrogens is 296 g/mol. The van der Waals surface area contributed by atoms with E-state index in [1.165, 1.54) is 12.5 Å². The zero-order chi connectivity index (χ0) is 13.0. The van der Waals surface area contributed by atoms with Crippen molar-refractivity contribution in [3.63, 3.8) is 0 Å². The Balaban J connectivity index is 1.85. The van der Waals surface area contributed by atoms with Crippen LogP contribution < -0.4 is 10.6 Å². The molecule has 98 valence electrons. The molecule has 0 aromatic heterocycles. The smallest absolute Gasteiger partial charge is 0.255 e. The molecule has 2 rings (SSSR count). The number of benzene rings is 1. The molecule has 3 N–H and O–H groups in total. The molecule has 5 heteroatoms. The second kappa shape index (κ2) is 6.20. The van der Waals surface area contributed by atoms with Crippen LogP contribution in [0.25, 0.3) is 0 Å². The van der Waals surface area contributed by atoms with Gasteiger partial charge in [0.25, 0.3) is 5.91 Å². The van der Waals surface area contributed by atoms with Gasteiger partial charge in [-0.25, -0.2) is 0 Å². The highest BCUT2D eigenvalue weighted by atomic mass is 79.9. The first kappa shape index (κ1) is 13.4. The van der Waals surface area contributed by atoms with Crippen molar-refractivity contribution in [2.75, 3.05) is 19.6 Å². The number of nitrogens with one attached hydrogen (secondary N) is 2. The number of carbonyl (C=O) groups excluding carboxylic acids is 1. The number of hydrogen-bond acceptors (Lipinski definition) is 3. The number of rotatable bonds is 4. The molecule has 1 heterocycles. The minimum absolute atomic E-state index is 0.0123. The van der Waals surface area contributed by atoms with Crippen LogP contribution in [-0.4, -0.2) is 30.6 Å². The van der Waals surface area contributed by atoms with E-state index in [0.717, 1.165) is 24.0 Å². The van der Waals surface area contributed by atoms with Gasteiger partial charge in [-0.2, -0.15) is 0 Å². The van der Waals surface area contributed by atoms with Gasteiger partial charge in [0, 0.05) is 11.0 Å². The van der Waals surface area contributed by atoms with Crippen LogP contribution in [0.4, 0.5) is 0 Å². The minimum Gasteiger partial charge on any atom is -0.507 e. The van der Waals surface area contributed by atoms with Crippen molar-refractivity contribution in [3.8, 4) is 5.75 Å². The van der Waals surface area contributed by atoms with E-state index < -0.39 is 0 Å². The molecule has 0 radical (unpaired) electrons. The third kappa shape index (κ3) is 3.46. The van der Waals surface area contributed by atoms with Gasteiger partial charge in [0.15, 0.2) is 0 Å². The first-order valence-corrected chi connectivity index (χ1v) is 6.93. The van der Waals surface area contributed by atoms with E-state index in [4.69, 9.17) is 0 Å². The number of phenols is 1. The van der Waals surface area contributed by atoms with Gasteiger partial charge in [0.2, 0.25) is 0 Å². The molecule has 0 bridgehead atoms. The van der Waals surface area contributed by atoms with Gasteiger partial charge in [-0.1, -0.05) is 15.9 Å². The second-order valence-electron chi connectivity index (χ2n) is 4.56. The van der Waals surface area contributed by atoms with E-state index in [-0.39, 0.29) is 11.7 Å². The van der Waals surface area contributed by atoms with Crippen LogP contribution in [0.1, 0.15) is 23.2 Å². The summed E-state index contributed by atoms with van der Waals surface area (Å²) < 4.78 is 0.783. The molecule has 1 unspecified atom stereocenters. The van der Waals surface area contributed by atoms with Gasteiger partial charge in [0.1, 0.15) is 5.75 Å². The fourth-order valence-corrected chi connectivity index (χ4v) is 2.50. The van der Waals surface area contributed by atoms with Crippen molar-refractivity contribution >= 4 is 21.8 Å². The summed E-state index contributed by atoms with van der Waals surface area (Å²) in [4.78, 5) is 11.9. The number of amides is 1. The molecule has 1 aliphatic heterocycles. The van der Waals surface area contributed by atoms with Crippen LogP contribution in [0.15, 0.2) is 22.7 Å². The maximum absolute atomic E-state index is 11.9. The Labute approximate surface area is 115 Å². The molecule has 1 saturated heterocycles. The van der Waals surface area contributed by atoms with E-state index in [1.807, 2.05) is 0 Å². The monoisotopic (exact) mass is 312 g/mol. The molecule has 18 heavy (non-hydrogen) atoms. The molecular formula is C13H17BrN2O2. The van der Waals surface area contributed by atoms with E-state index in [9.17, 15) is 9.90 Å². The molecule has 1 atom stereocenters. The highest BCUT2D eigenvalue weighted by Crippen LogP contribution is 2.21. The molecule has 1 amide bonds. The number of halogens is 1. The fraction of sp³-hybridized carbons (Fsp3) is 0.462. The molecule has 0 saturated carbocycles. The van der Waals surface area contributed by atoms with Crippen LogP contribution >= 0.6 is 15.9 Å². The Hall–Kier alpha value is -1.07. The maximum atomic E-state index is 11.9. The molecule has 0 spiro atoms. The Morgan fingerprint density at radius 2 is 2.39 bits per heavy atom. The van der Waals surface area contributed by atoms with E-state index in [0.29, 0.717) is 18.0 Å². The van der Waals surface area contributed by atoms with Crippen LogP contribution in [0.5, 0.6) is 5.75 Å². The lowest BCUT2D eigenvalue weighted by molar-refractivity contribution is 0.0949. The summed E-state index contributed by atoms with van der Waals surface area (Å²) in [6.45, 7) is 2.76. The first-order chi connectivity index (χ1) is 8.66. The average molecular weight is 313 g/mol. The maximum Gasteiger partial charge on any atom is 0.255 e. The predicted octanol–water partition coefficient (Wildman–Crippen LogP) is 1.88. The third-order valence-corrected chi connectivity index (χ3v) is 3.70. The van der Waals surface area contributed by atoms with Gasteiger partial charge in [-0.15, -0.1) is 0 Å². The summed E-state index contributed by atoms with van der Waals surface area (Å²) in [6, 6.07) is 4.85. The Kier molecular flexibility index (Phi) is 4.60. The summed E-state index contributed by atoms with van der Waals surface area (Å²) in [5.41, 5.74) is 0.314. The van der Waals surface area contributed by atoms with Crippen molar-refractivity contribution in [2.45, 2.75) is 12.8 Å². The topological polar surface area (TPSA) is 61.4 Å². The number of phenolic OH excluding ortho intramolecular Hbond substituents is 1. The van der Waals surface area contributed by atoms with Crippen LogP contribution in [0.3, 0.4) is 0 Å². The minimum atomic E-state index is -0.222. The second-order valence-corrected chi connectivity index (χ2v) is 5.48. The van der Waals surface area contributed by atoms with Crippen LogP contribution in [-0.2, 0) is 0 Å². The fourth-order valence-electron chi connectivity index (χ4n) is 2.14. The predicted molar refractivity (Wildman–Crippen MR) is 73.7 cm³/mol. The molecule has 1 fully saturated rings. The Morgan fingerprint density at radius 1 is 1.56 bits per heavy atom. The number of aromatic hydroxyl groups is 1. The van der Waals surface area contributed by atoms with Crippen molar-refractivity contribution in [2.24, 2.45) is 5.92 Å². The summed E-state index contributed by atoms with van der Waals surface area (Å²) in [7, 11) is 0. The summed E-state index contributed by atoms with van der Waals surface area (Å²) >= 11 is 3.29. The van der Waals surface area contributed by atoms with Gasteiger partial charge in [0.05, 0.1) is 5.56 Å². The summed E-state index contributed by atoms with van der Waals surface area (Å²) in [5, 5.41) is 15.8. The van der Waals surface area contributed by atoms with Crippen LogP contribution in [0.2, 0.25) is 0 Å². The third-order valence-electron chi connectivity index (χ3n) is 3.20. The zero-order valence-electron chi connectivity index (χ0n) is 10.1. The number of hydrogen-bond donors (Lipinski definition) is 3. The van der Waals surface area contributed by atoms with Crippen molar-refractivity contribution in [1.29, 1.82) is 0 Å². The van der Waals surface area contributed by atoms with E-state index >= 15 is 0 Å². The van der Waals surface area contributed by atoms with Crippen molar-refractivity contribution in [1.82, 2.24) is 10.6 Å². The summed E-state index contributed by atoms with van der Waals surface area (Å²) in [6.07, 6.45) is 2.16. The average Bonchev–Trinajstić information content (AvgIpc) is 2.85. The first-order valence-electron chi connectivity index (χ1n) is 6.14.